The Labute approximate surface area is 104 Å². The molecule has 1 aromatic rings. The van der Waals surface area contributed by atoms with Gasteiger partial charge >= 0.3 is 0 Å². The zero-order valence-electron chi connectivity index (χ0n) is 9.05. The van der Waals surface area contributed by atoms with Crippen molar-refractivity contribution >= 4 is 15.9 Å². The van der Waals surface area contributed by atoms with Crippen LogP contribution in [0.4, 0.5) is 4.39 Å². The van der Waals surface area contributed by atoms with Gasteiger partial charge < -0.3 is 11.1 Å². The SMILES string of the molecule is C=CCCNC(CN)c1ccc(F)cc1Br. The lowest BCUT2D eigenvalue weighted by Crippen LogP contribution is -2.29. The van der Waals surface area contributed by atoms with Gasteiger partial charge in [0.25, 0.3) is 0 Å². The molecule has 0 aliphatic heterocycles. The lowest BCUT2D eigenvalue weighted by molar-refractivity contribution is 0.544. The Morgan fingerprint density at radius 3 is 2.88 bits per heavy atom. The lowest BCUT2D eigenvalue weighted by Gasteiger charge is -2.18. The number of hydrogen-bond acceptors (Lipinski definition) is 2. The molecular formula is C12H16BrFN2. The maximum absolute atomic E-state index is 12.9. The summed E-state index contributed by atoms with van der Waals surface area (Å²) in [6.45, 7) is 4.94. The smallest absolute Gasteiger partial charge is 0.124 e. The number of hydrogen-bond donors (Lipinski definition) is 2. The van der Waals surface area contributed by atoms with Crippen LogP contribution < -0.4 is 11.1 Å². The fraction of sp³-hybridized carbons (Fsp3) is 0.333. The fourth-order valence-electron chi connectivity index (χ4n) is 1.46. The zero-order valence-corrected chi connectivity index (χ0v) is 10.6. The lowest BCUT2D eigenvalue weighted by atomic mass is 10.1. The predicted molar refractivity (Wildman–Crippen MR) is 68.7 cm³/mol. The molecule has 1 rings (SSSR count). The van der Waals surface area contributed by atoms with Crippen LogP contribution in [0.25, 0.3) is 0 Å². The first-order valence-electron chi connectivity index (χ1n) is 5.18. The van der Waals surface area contributed by atoms with Crippen molar-refractivity contribution in [1.82, 2.24) is 5.32 Å². The summed E-state index contributed by atoms with van der Waals surface area (Å²) in [6.07, 6.45) is 2.73. The largest absolute Gasteiger partial charge is 0.329 e. The van der Waals surface area contributed by atoms with Crippen LogP contribution in [-0.4, -0.2) is 13.1 Å². The van der Waals surface area contributed by atoms with Gasteiger partial charge in [-0.3, -0.25) is 0 Å². The molecule has 4 heteroatoms. The molecule has 0 saturated carbocycles. The van der Waals surface area contributed by atoms with Crippen molar-refractivity contribution in [3.05, 3.63) is 46.7 Å². The van der Waals surface area contributed by atoms with Crippen molar-refractivity contribution in [1.29, 1.82) is 0 Å². The highest BCUT2D eigenvalue weighted by Gasteiger charge is 2.12. The molecule has 0 bridgehead atoms. The van der Waals surface area contributed by atoms with E-state index in [4.69, 9.17) is 5.73 Å². The molecule has 0 spiro atoms. The quantitative estimate of drug-likeness (QED) is 0.623. The molecule has 1 unspecified atom stereocenters. The van der Waals surface area contributed by atoms with Gasteiger partial charge in [-0.15, -0.1) is 6.58 Å². The molecule has 0 fully saturated rings. The Morgan fingerprint density at radius 1 is 1.56 bits per heavy atom. The molecule has 0 aromatic heterocycles. The van der Waals surface area contributed by atoms with E-state index in [-0.39, 0.29) is 11.9 Å². The van der Waals surface area contributed by atoms with Crippen LogP contribution >= 0.6 is 15.9 Å². The first kappa shape index (κ1) is 13.4. The predicted octanol–water partition coefficient (Wildman–Crippen LogP) is 2.75. The number of nitrogens with two attached hydrogens (primary N) is 1. The van der Waals surface area contributed by atoms with Crippen LogP contribution in [0.3, 0.4) is 0 Å². The Bertz CT molecular complexity index is 355. The Kier molecular flexibility index (Phi) is 5.66. The van der Waals surface area contributed by atoms with Crippen molar-refractivity contribution in [3.63, 3.8) is 0 Å². The second-order valence-electron chi connectivity index (χ2n) is 3.49. The van der Waals surface area contributed by atoms with Crippen LogP contribution in [0, 0.1) is 5.82 Å². The third-order valence-corrected chi connectivity index (χ3v) is 3.00. The first-order chi connectivity index (χ1) is 7.69. The molecular weight excluding hydrogens is 271 g/mol. The van der Waals surface area contributed by atoms with E-state index in [1.165, 1.54) is 12.1 Å². The maximum atomic E-state index is 12.9. The monoisotopic (exact) mass is 286 g/mol. The maximum Gasteiger partial charge on any atom is 0.124 e. The molecule has 0 saturated heterocycles. The molecule has 16 heavy (non-hydrogen) atoms. The van der Waals surface area contributed by atoms with Crippen LogP contribution in [0.15, 0.2) is 35.3 Å². The van der Waals surface area contributed by atoms with Gasteiger partial charge in [-0.05, 0) is 30.7 Å². The second-order valence-corrected chi connectivity index (χ2v) is 4.34. The summed E-state index contributed by atoms with van der Waals surface area (Å²) >= 11 is 3.34. The van der Waals surface area contributed by atoms with E-state index in [9.17, 15) is 4.39 Å². The Morgan fingerprint density at radius 2 is 2.31 bits per heavy atom. The summed E-state index contributed by atoms with van der Waals surface area (Å²) in [4.78, 5) is 0. The van der Waals surface area contributed by atoms with Crippen LogP contribution in [-0.2, 0) is 0 Å². The molecule has 88 valence electrons. The molecule has 3 N–H and O–H groups in total. The number of nitrogens with one attached hydrogen (secondary N) is 1. The first-order valence-corrected chi connectivity index (χ1v) is 5.97. The molecule has 2 nitrogen and oxygen atoms in total. The van der Waals surface area contributed by atoms with E-state index in [0.29, 0.717) is 6.54 Å². The summed E-state index contributed by atoms with van der Waals surface area (Å²) in [5.41, 5.74) is 6.67. The molecule has 0 radical (unpaired) electrons. The summed E-state index contributed by atoms with van der Waals surface area (Å²) in [7, 11) is 0. The number of halogens is 2. The van der Waals surface area contributed by atoms with Gasteiger partial charge in [-0.1, -0.05) is 28.1 Å². The van der Waals surface area contributed by atoms with E-state index in [1.54, 1.807) is 6.07 Å². The average Bonchev–Trinajstić information content (AvgIpc) is 2.26. The van der Waals surface area contributed by atoms with Gasteiger partial charge in [0, 0.05) is 17.1 Å². The van der Waals surface area contributed by atoms with Gasteiger partial charge in [0.15, 0.2) is 0 Å². The van der Waals surface area contributed by atoms with Crippen molar-refractivity contribution in [2.75, 3.05) is 13.1 Å². The molecule has 0 amide bonds. The van der Waals surface area contributed by atoms with Gasteiger partial charge in [0.1, 0.15) is 5.82 Å². The minimum absolute atomic E-state index is 0.0370. The normalized spacial score (nSPS) is 12.4. The highest BCUT2D eigenvalue weighted by Crippen LogP contribution is 2.23. The molecule has 0 aliphatic rings. The van der Waals surface area contributed by atoms with Crippen molar-refractivity contribution < 1.29 is 4.39 Å². The summed E-state index contributed by atoms with van der Waals surface area (Å²) in [5.74, 6) is -0.252. The molecule has 1 atom stereocenters. The number of rotatable bonds is 6. The number of benzene rings is 1. The third-order valence-electron chi connectivity index (χ3n) is 2.31. The van der Waals surface area contributed by atoms with Crippen molar-refractivity contribution in [3.8, 4) is 0 Å². The third kappa shape index (κ3) is 3.70. The highest BCUT2D eigenvalue weighted by molar-refractivity contribution is 9.10. The average molecular weight is 287 g/mol. The summed E-state index contributed by atoms with van der Waals surface area (Å²) in [5, 5.41) is 3.30. The Balaban J connectivity index is 2.74. The highest BCUT2D eigenvalue weighted by atomic mass is 79.9. The van der Waals surface area contributed by atoms with E-state index >= 15 is 0 Å². The van der Waals surface area contributed by atoms with E-state index in [1.807, 2.05) is 6.08 Å². The molecule has 0 aliphatic carbocycles. The van der Waals surface area contributed by atoms with Crippen LogP contribution in [0.5, 0.6) is 0 Å². The van der Waals surface area contributed by atoms with Gasteiger partial charge in [-0.2, -0.15) is 0 Å². The van der Waals surface area contributed by atoms with Crippen LogP contribution in [0.1, 0.15) is 18.0 Å². The topological polar surface area (TPSA) is 38.0 Å². The van der Waals surface area contributed by atoms with Crippen molar-refractivity contribution in [2.24, 2.45) is 5.73 Å². The standard InChI is InChI=1S/C12H16BrFN2/c1-2-3-6-16-12(8-15)10-5-4-9(14)7-11(10)13/h2,4-5,7,12,16H,1,3,6,8,15H2. The van der Waals surface area contributed by atoms with Crippen LogP contribution in [0.2, 0.25) is 0 Å². The van der Waals surface area contributed by atoms with E-state index in [2.05, 4.69) is 27.8 Å². The summed E-state index contributed by atoms with van der Waals surface area (Å²) < 4.78 is 13.7. The van der Waals surface area contributed by atoms with E-state index < -0.39 is 0 Å². The fourth-order valence-corrected chi connectivity index (χ4v) is 2.09. The molecule has 1 aromatic carbocycles. The van der Waals surface area contributed by atoms with Gasteiger partial charge in [-0.25, -0.2) is 4.39 Å². The summed E-state index contributed by atoms with van der Waals surface area (Å²) in [6, 6.07) is 4.68. The Hall–Kier alpha value is -0.710. The zero-order chi connectivity index (χ0) is 12.0. The minimum Gasteiger partial charge on any atom is -0.329 e. The van der Waals surface area contributed by atoms with Gasteiger partial charge in [0.05, 0.1) is 0 Å². The van der Waals surface area contributed by atoms with E-state index in [0.717, 1.165) is 23.0 Å². The minimum atomic E-state index is -0.252. The second kappa shape index (κ2) is 6.78. The molecule has 0 heterocycles. The van der Waals surface area contributed by atoms with Crippen molar-refractivity contribution in [2.45, 2.75) is 12.5 Å². The van der Waals surface area contributed by atoms with Gasteiger partial charge in [0.2, 0.25) is 0 Å².